The van der Waals surface area contributed by atoms with E-state index in [1.807, 2.05) is 56.3 Å². The normalized spacial score (nSPS) is 16.8. The maximum absolute atomic E-state index is 13.6. The average molecular weight is 464 g/mol. The number of nitrogens with zero attached hydrogens (tertiary/aromatic N) is 3. The molecule has 2 aromatic carbocycles. The number of fused-ring (bicyclic) bond motifs is 2. The smallest absolute Gasteiger partial charge is 0.255 e. The summed E-state index contributed by atoms with van der Waals surface area (Å²) in [6, 6.07) is 13.0. The van der Waals surface area contributed by atoms with Crippen LogP contribution in [0.5, 0.6) is 11.5 Å². The van der Waals surface area contributed by atoms with Gasteiger partial charge in [-0.1, -0.05) is 43.0 Å². The number of aryl methyl sites for hydroxylation is 1. The highest BCUT2D eigenvalue weighted by molar-refractivity contribution is 7.99. The summed E-state index contributed by atoms with van der Waals surface area (Å²) in [6.45, 7) is 6.93. The van der Waals surface area contributed by atoms with E-state index in [2.05, 4.69) is 22.5 Å². The van der Waals surface area contributed by atoms with Crippen molar-refractivity contribution in [1.82, 2.24) is 14.8 Å². The van der Waals surface area contributed by atoms with Crippen molar-refractivity contribution in [3.05, 3.63) is 64.9 Å². The van der Waals surface area contributed by atoms with E-state index in [0.29, 0.717) is 41.4 Å². The molecule has 1 unspecified atom stereocenters. The number of rotatable bonds is 5. The molecule has 1 atom stereocenters. The summed E-state index contributed by atoms with van der Waals surface area (Å²) in [5.74, 6) is 2.63. The van der Waals surface area contributed by atoms with Crippen LogP contribution in [0.2, 0.25) is 0 Å². The topological polar surface area (TPSA) is 90.3 Å². The first kappa shape index (κ1) is 21.4. The second-order valence-corrected chi connectivity index (χ2v) is 9.07. The first-order valence-electron chi connectivity index (χ1n) is 10.9. The van der Waals surface area contributed by atoms with Gasteiger partial charge in [0.2, 0.25) is 11.1 Å². The number of thioether (sulfide) groups is 1. The zero-order valence-corrected chi connectivity index (χ0v) is 19.5. The largest absolute Gasteiger partial charge is 0.486 e. The fourth-order valence-electron chi connectivity index (χ4n) is 4.06. The summed E-state index contributed by atoms with van der Waals surface area (Å²) in [4.78, 5) is 18.2. The monoisotopic (exact) mass is 463 g/mol. The first-order chi connectivity index (χ1) is 16.0. The van der Waals surface area contributed by atoms with Crippen LogP contribution < -0.4 is 20.1 Å². The Morgan fingerprint density at radius 2 is 1.97 bits per heavy atom. The molecule has 0 aliphatic carbocycles. The van der Waals surface area contributed by atoms with Crippen molar-refractivity contribution in [3.63, 3.8) is 0 Å². The highest BCUT2D eigenvalue weighted by atomic mass is 32.2. The molecule has 3 aromatic rings. The van der Waals surface area contributed by atoms with Crippen LogP contribution in [0.4, 0.5) is 11.6 Å². The van der Waals surface area contributed by atoms with Gasteiger partial charge in [0.15, 0.2) is 11.5 Å². The molecule has 0 fully saturated rings. The molecule has 0 saturated heterocycles. The van der Waals surface area contributed by atoms with Crippen molar-refractivity contribution in [2.45, 2.75) is 32.0 Å². The van der Waals surface area contributed by atoms with Crippen molar-refractivity contribution in [2.24, 2.45) is 0 Å². The zero-order valence-electron chi connectivity index (χ0n) is 18.7. The number of amides is 1. The Balaban J connectivity index is 1.59. The Morgan fingerprint density at radius 3 is 2.76 bits per heavy atom. The van der Waals surface area contributed by atoms with Gasteiger partial charge in [0.05, 0.1) is 5.57 Å². The molecule has 9 heteroatoms. The molecule has 170 valence electrons. The number of aromatic nitrogens is 3. The van der Waals surface area contributed by atoms with Gasteiger partial charge in [-0.2, -0.15) is 4.98 Å². The lowest BCUT2D eigenvalue weighted by atomic mass is 9.94. The minimum absolute atomic E-state index is 0.194. The second-order valence-electron chi connectivity index (χ2n) is 7.83. The Hall–Kier alpha value is -3.46. The summed E-state index contributed by atoms with van der Waals surface area (Å²) < 4.78 is 13.3. The maximum atomic E-state index is 13.6. The lowest BCUT2D eigenvalue weighted by molar-refractivity contribution is -0.113. The number of para-hydroxylation sites is 1. The second kappa shape index (κ2) is 8.82. The number of carbonyl (C=O) groups is 1. The summed E-state index contributed by atoms with van der Waals surface area (Å²) in [6.07, 6.45) is 0. The number of benzene rings is 2. The molecule has 3 heterocycles. The molecular formula is C24H25N5O3S. The van der Waals surface area contributed by atoms with Crippen LogP contribution in [-0.2, 0) is 4.79 Å². The zero-order chi connectivity index (χ0) is 22.9. The molecule has 0 spiro atoms. The fraction of sp³-hybridized carbons (Fsp3) is 0.292. The highest BCUT2D eigenvalue weighted by Gasteiger charge is 2.35. The van der Waals surface area contributed by atoms with Crippen LogP contribution >= 0.6 is 11.8 Å². The van der Waals surface area contributed by atoms with Crippen molar-refractivity contribution in [2.75, 3.05) is 29.6 Å². The van der Waals surface area contributed by atoms with Gasteiger partial charge in [0.25, 0.3) is 5.91 Å². The van der Waals surface area contributed by atoms with Gasteiger partial charge in [-0.3, -0.25) is 4.79 Å². The van der Waals surface area contributed by atoms with Crippen molar-refractivity contribution in [1.29, 1.82) is 0 Å². The van der Waals surface area contributed by atoms with E-state index in [1.54, 1.807) is 16.4 Å². The number of allylic oxidation sites excluding steroid dienone is 1. The lowest BCUT2D eigenvalue weighted by Gasteiger charge is -2.29. The van der Waals surface area contributed by atoms with E-state index >= 15 is 0 Å². The SMILES string of the molecule is CCSc1nc2n(n1)C(c1ccc3c(c1)OCCO3)C(C(=O)Nc1ccccc1C)=C(C)N2. The van der Waals surface area contributed by atoms with Gasteiger partial charge >= 0.3 is 0 Å². The Bertz CT molecular complexity index is 1250. The van der Waals surface area contributed by atoms with E-state index in [9.17, 15) is 4.79 Å². The van der Waals surface area contributed by atoms with Crippen LogP contribution in [0, 0.1) is 6.92 Å². The van der Waals surface area contributed by atoms with Crippen LogP contribution in [0.3, 0.4) is 0 Å². The predicted octanol–water partition coefficient (Wildman–Crippen LogP) is 4.40. The molecule has 0 saturated carbocycles. The minimum atomic E-state index is -0.472. The molecule has 0 bridgehead atoms. The quantitative estimate of drug-likeness (QED) is 0.542. The third-order valence-corrected chi connectivity index (χ3v) is 6.35. The van der Waals surface area contributed by atoms with Crippen molar-refractivity contribution in [3.8, 4) is 11.5 Å². The summed E-state index contributed by atoms with van der Waals surface area (Å²) in [7, 11) is 0. The van der Waals surface area contributed by atoms with E-state index in [-0.39, 0.29) is 5.91 Å². The number of anilines is 2. The van der Waals surface area contributed by atoms with Gasteiger partial charge in [-0.25, -0.2) is 4.68 Å². The standard InChI is InChI=1S/C24H25N5O3S/c1-4-33-24-27-23-25-15(3)20(22(30)26-17-8-6-5-7-14(17)2)21(29(23)28-24)16-9-10-18-19(13-16)32-12-11-31-18/h5-10,13,21H,4,11-12H2,1-3H3,(H,26,30)(H,25,27,28). The van der Waals surface area contributed by atoms with Crippen LogP contribution in [-0.4, -0.2) is 39.6 Å². The summed E-state index contributed by atoms with van der Waals surface area (Å²) in [5, 5.41) is 11.7. The minimum Gasteiger partial charge on any atom is -0.486 e. The Morgan fingerprint density at radius 1 is 1.18 bits per heavy atom. The fourth-order valence-corrected chi connectivity index (χ4v) is 4.61. The third kappa shape index (κ3) is 4.04. The van der Waals surface area contributed by atoms with E-state index in [4.69, 9.17) is 14.6 Å². The summed E-state index contributed by atoms with van der Waals surface area (Å²) >= 11 is 1.56. The lowest BCUT2D eigenvalue weighted by Crippen LogP contribution is -2.31. The van der Waals surface area contributed by atoms with Gasteiger partial charge in [-0.05, 0) is 48.9 Å². The number of nitrogens with one attached hydrogen (secondary N) is 2. The van der Waals surface area contributed by atoms with Crippen molar-refractivity contribution < 1.29 is 14.3 Å². The molecule has 2 N–H and O–H groups in total. The number of carbonyl (C=O) groups excluding carboxylic acids is 1. The maximum Gasteiger partial charge on any atom is 0.255 e. The van der Waals surface area contributed by atoms with Gasteiger partial charge in [0.1, 0.15) is 19.3 Å². The molecule has 1 aromatic heterocycles. The van der Waals surface area contributed by atoms with E-state index in [1.165, 1.54) is 0 Å². The third-order valence-electron chi connectivity index (χ3n) is 5.63. The Labute approximate surface area is 196 Å². The highest BCUT2D eigenvalue weighted by Crippen LogP contribution is 2.40. The van der Waals surface area contributed by atoms with Gasteiger partial charge in [-0.15, -0.1) is 5.10 Å². The van der Waals surface area contributed by atoms with Crippen molar-refractivity contribution >= 4 is 29.3 Å². The summed E-state index contributed by atoms with van der Waals surface area (Å²) in [5.41, 5.74) is 3.94. The van der Waals surface area contributed by atoms with Gasteiger partial charge < -0.3 is 20.1 Å². The number of hydrogen-bond donors (Lipinski definition) is 2. The molecule has 33 heavy (non-hydrogen) atoms. The van der Waals surface area contributed by atoms with Crippen LogP contribution in [0.25, 0.3) is 0 Å². The number of hydrogen-bond acceptors (Lipinski definition) is 7. The van der Waals surface area contributed by atoms with Crippen LogP contribution in [0.15, 0.2) is 58.9 Å². The molecule has 0 radical (unpaired) electrons. The molecule has 2 aliphatic rings. The first-order valence-corrected chi connectivity index (χ1v) is 11.9. The predicted molar refractivity (Wildman–Crippen MR) is 128 cm³/mol. The molecule has 5 rings (SSSR count). The van der Waals surface area contributed by atoms with E-state index < -0.39 is 6.04 Å². The number of ether oxygens (including phenoxy) is 2. The molecule has 1 amide bonds. The van der Waals surface area contributed by atoms with Gasteiger partial charge in [0, 0.05) is 11.4 Å². The van der Waals surface area contributed by atoms with Crippen LogP contribution in [0.1, 0.15) is 31.0 Å². The molecular weight excluding hydrogens is 438 g/mol. The molecule has 8 nitrogen and oxygen atoms in total. The molecule has 2 aliphatic heterocycles. The average Bonchev–Trinajstić information content (AvgIpc) is 3.21. The van der Waals surface area contributed by atoms with E-state index in [0.717, 1.165) is 28.3 Å². The Kier molecular flexibility index (Phi) is 5.72.